The van der Waals surface area contributed by atoms with Crippen LogP contribution >= 0.6 is 39.0 Å². The summed E-state index contributed by atoms with van der Waals surface area (Å²) in [6.07, 6.45) is 0. The number of thioether (sulfide) groups is 1. The van der Waals surface area contributed by atoms with Crippen molar-refractivity contribution in [1.82, 2.24) is 4.57 Å². The Morgan fingerprint density at radius 1 is 0.868 bits per heavy atom. The van der Waals surface area contributed by atoms with Gasteiger partial charge in [-0.05, 0) is 42.0 Å². The third-order valence-corrected chi connectivity index (χ3v) is 9.78. The summed E-state index contributed by atoms with van der Waals surface area (Å²) in [5.74, 6) is -2.11. The molecule has 2 aliphatic heterocycles. The minimum atomic E-state index is -0.721. The Morgan fingerprint density at radius 2 is 1.53 bits per heavy atom. The summed E-state index contributed by atoms with van der Waals surface area (Å²) in [5, 5.41) is 2.66. The molecule has 0 spiro atoms. The molecule has 0 aliphatic carbocycles. The molecule has 190 valence electrons. The van der Waals surface area contributed by atoms with Crippen molar-refractivity contribution in [2.24, 2.45) is 5.92 Å². The molecule has 3 heterocycles. The molecule has 6 rings (SSSR count). The third kappa shape index (κ3) is 4.32. The van der Waals surface area contributed by atoms with Gasteiger partial charge >= 0.3 is 4.87 Å². The van der Waals surface area contributed by atoms with Gasteiger partial charge in [0.2, 0.25) is 17.7 Å². The maximum atomic E-state index is 13.8. The molecule has 3 aromatic carbocycles. The highest BCUT2D eigenvalue weighted by molar-refractivity contribution is 9.10. The molecule has 1 fully saturated rings. The van der Waals surface area contributed by atoms with Gasteiger partial charge in [0, 0.05) is 21.0 Å². The smallest absolute Gasteiger partial charge is 0.308 e. The Labute approximate surface area is 234 Å². The Morgan fingerprint density at radius 3 is 2.21 bits per heavy atom. The second-order valence-electron chi connectivity index (χ2n) is 8.98. The van der Waals surface area contributed by atoms with Crippen LogP contribution in [0.4, 0.5) is 11.4 Å². The molecule has 4 aromatic rings. The van der Waals surface area contributed by atoms with Crippen LogP contribution in [0.3, 0.4) is 0 Å². The lowest BCUT2D eigenvalue weighted by atomic mass is 9.83. The zero-order valence-corrected chi connectivity index (χ0v) is 23.0. The normalized spacial score (nSPS) is 20.2. The van der Waals surface area contributed by atoms with Gasteiger partial charge in [0.05, 0.1) is 16.6 Å². The molecule has 1 saturated heterocycles. The van der Waals surface area contributed by atoms with E-state index in [-0.39, 0.29) is 29.1 Å². The van der Waals surface area contributed by atoms with Crippen LogP contribution in [-0.2, 0) is 20.9 Å². The van der Waals surface area contributed by atoms with Crippen LogP contribution in [0.2, 0.25) is 0 Å². The number of amides is 3. The predicted octanol–water partition coefficient (Wildman–Crippen LogP) is 5.11. The lowest BCUT2D eigenvalue weighted by molar-refractivity contribution is -0.122. The molecule has 7 nitrogen and oxygen atoms in total. The molecule has 3 atom stereocenters. The number of carbonyl (C=O) groups excluding carboxylic acids is 3. The number of imide groups is 1. The maximum absolute atomic E-state index is 13.8. The van der Waals surface area contributed by atoms with Gasteiger partial charge < -0.3 is 5.32 Å². The van der Waals surface area contributed by atoms with Crippen molar-refractivity contribution in [3.8, 4) is 0 Å². The Balaban J connectivity index is 1.41. The summed E-state index contributed by atoms with van der Waals surface area (Å²) < 4.78 is 2.27. The monoisotopic (exact) mass is 605 g/mol. The Kier molecular flexibility index (Phi) is 6.55. The lowest BCUT2D eigenvalue weighted by Crippen LogP contribution is -2.33. The number of para-hydroxylation sites is 1. The Bertz CT molecular complexity index is 1600. The average molecular weight is 607 g/mol. The van der Waals surface area contributed by atoms with Crippen molar-refractivity contribution in [2.45, 2.75) is 22.7 Å². The highest BCUT2D eigenvalue weighted by atomic mass is 79.9. The summed E-state index contributed by atoms with van der Waals surface area (Å²) in [5.41, 5.74) is 1.99. The first-order valence-corrected chi connectivity index (χ1v) is 14.3. The van der Waals surface area contributed by atoms with Gasteiger partial charge in [0.15, 0.2) is 0 Å². The largest absolute Gasteiger partial charge is 0.325 e. The van der Waals surface area contributed by atoms with E-state index in [0.717, 1.165) is 21.4 Å². The SMILES string of the molecule is O=C(Cn1c2c(sc1=O)[C@@H](c1ccccc1)[C@H]1C(=O)N(c3ccc(Br)cc3)C(=O)[C@H]1S2)Nc1ccccc1. The van der Waals surface area contributed by atoms with Crippen LogP contribution < -0.4 is 15.1 Å². The molecule has 2 aliphatic rings. The van der Waals surface area contributed by atoms with Gasteiger partial charge in [-0.1, -0.05) is 87.6 Å². The molecule has 1 N–H and O–H groups in total. The van der Waals surface area contributed by atoms with E-state index in [0.29, 0.717) is 21.3 Å². The van der Waals surface area contributed by atoms with Gasteiger partial charge in [-0.25, -0.2) is 4.90 Å². The quantitative estimate of drug-likeness (QED) is 0.319. The molecule has 0 bridgehead atoms. The molecule has 0 saturated carbocycles. The number of anilines is 2. The zero-order valence-electron chi connectivity index (χ0n) is 19.7. The van der Waals surface area contributed by atoms with Crippen molar-refractivity contribution in [3.05, 3.63) is 110 Å². The van der Waals surface area contributed by atoms with Crippen LogP contribution in [0.25, 0.3) is 0 Å². The summed E-state index contributed by atoms with van der Waals surface area (Å²) in [6, 6.07) is 25.6. The summed E-state index contributed by atoms with van der Waals surface area (Å²) in [4.78, 5) is 55.3. The van der Waals surface area contributed by atoms with Crippen molar-refractivity contribution < 1.29 is 14.4 Å². The van der Waals surface area contributed by atoms with Gasteiger partial charge in [-0.3, -0.25) is 23.7 Å². The van der Waals surface area contributed by atoms with E-state index in [4.69, 9.17) is 0 Å². The fraction of sp³-hybridized carbons (Fsp3) is 0.143. The average Bonchev–Trinajstić information content (AvgIpc) is 3.36. The van der Waals surface area contributed by atoms with Gasteiger partial charge in [-0.2, -0.15) is 0 Å². The Hall–Kier alpha value is -3.47. The number of aromatic nitrogens is 1. The van der Waals surface area contributed by atoms with E-state index >= 15 is 0 Å². The van der Waals surface area contributed by atoms with E-state index in [1.54, 1.807) is 36.4 Å². The molecule has 1 aromatic heterocycles. The molecular formula is C28H20BrN3O4S2. The number of carbonyl (C=O) groups is 3. The number of benzene rings is 3. The zero-order chi connectivity index (χ0) is 26.4. The first-order chi connectivity index (χ1) is 18.4. The standard InChI is InChI=1S/C28H20BrN3O4S2/c29-17-11-13-19(14-12-17)32-25(34)22-21(16-7-3-1-4-8-16)24-27(37-23(22)26(32)35)31(28(36)38-24)15-20(33)30-18-9-5-2-6-10-18/h1-14,21-23H,15H2,(H,30,33)/t21-,22+,23-/m0/s1. The van der Waals surface area contributed by atoms with Crippen LogP contribution in [0.15, 0.2) is 99.2 Å². The van der Waals surface area contributed by atoms with Crippen LogP contribution in [-0.4, -0.2) is 27.5 Å². The van der Waals surface area contributed by atoms with Gasteiger partial charge in [0.1, 0.15) is 11.8 Å². The second-order valence-corrected chi connectivity index (χ2v) is 12.0. The molecule has 0 radical (unpaired) electrons. The molecule has 0 unspecified atom stereocenters. The van der Waals surface area contributed by atoms with Crippen molar-refractivity contribution >= 4 is 68.1 Å². The fourth-order valence-electron chi connectivity index (χ4n) is 4.99. The second kappa shape index (κ2) is 10.0. The minimum absolute atomic E-state index is 0.190. The number of halogens is 1. The number of nitrogens with one attached hydrogen (secondary N) is 1. The molecule has 10 heteroatoms. The van der Waals surface area contributed by atoms with E-state index in [1.807, 2.05) is 48.5 Å². The molecule has 38 heavy (non-hydrogen) atoms. The van der Waals surface area contributed by atoms with E-state index in [9.17, 15) is 19.2 Å². The lowest BCUT2D eigenvalue weighted by Gasteiger charge is -2.30. The van der Waals surface area contributed by atoms with E-state index in [1.165, 1.54) is 21.2 Å². The predicted molar refractivity (Wildman–Crippen MR) is 152 cm³/mol. The van der Waals surface area contributed by atoms with E-state index in [2.05, 4.69) is 21.2 Å². The van der Waals surface area contributed by atoms with Crippen molar-refractivity contribution in [2.75, 3.05) is 10.2 Å². The van der Waals surface area contributed by atoms with E-state index < -0.39 is 17.1 Å². The number of thiazole rings is 1. The van der Waals surface area contributed by atoms with Crippen molar-refractivity contribution in [1.29, 1.82) is 0 Å². The third-order valence-electron chi connectivity index (χ3n) is 6.65. The van der Waals surface area contributed by atoms with Crippen LogP contribution in [0, 0.1) is 5.92 Å². The number of hydrogen-bond acceptors (Lipinski definition) is 6. The summed E-state index contributed by atoms with van der Waals surface area (Å²) in [6.45, 7) is -0.190. The number of hydrogen-bond donors (Lipinski definition) is 1. The van der Waals surface area contributed by atoms with Gasteiger partial charge in [-0.15, -0.1) is 0 Å². The summed E-state index contributed by atoms with van der Waals surface area (Å²) >= 11 is 5.64. The van der Waals surface area contributed by atoms with Crippen LogP contribution in [0.5, 0.6) is 0 Å². The number of fused-ring (bicyclic) bond motifs is 2. The number of nitrogens with zero attached hydrogens (tertiary/aromatic N) is 2. The highest BCUT2D eigenvalue weighted by Crippen LogP contribution is 2.53. The maximum Gasteiger partial charge on any atom is 0.308 e. The first kappa shape index (κ1) is 24.8. The first-order valence-electron chi connectivity index (χ1n) is 11.9. The van der Waals surface area contributed by atoms with Crippen molar-refractivity contribution in [3.63, 3.8) is 0 Å². The van der Waals surface area contributed by atoms with Crippen LogP contribution in [0.1, 0.15) is 16.4 Å². The molecule has 3 amide bonds. The summed E-state index contributed by atoms with van der Waals surface area (Å²) in [7, 11) is 0. The number of rotatable bonds is 5. The minimum Gasteiger partial charge on any atom is -0.325 e. The topological polar surface area (TPSA) is 88.5 Å². The van der Waals surface area contributed by atoms with Gasteiger partial charge in [0.25, 0.3) is 0 Å². The highest BCUT2D eigenvalue weighted by Gasteiger charge is 2.56. The molecular weight excluding hydrogens is 586 g/mol. The fourth-order valence-corrected chi connectivity index (χ4v) is 8.02.